The number of amides is 1. The molecule has 0 aliphatic rings. The largest absolute Gasteiger partial charge is 0.393 e. The van der Waals surface area contributed by atoms with Crippen LogP contribution in [0, 0.1) is 0 Å². The fourth-order valence-electron chi connectivity index (χ4n) is 1.40. The van der Waals surface area contributed by atoms with Crippen molar-refractivity contribution in [2.24, 2.45) is 0 Å². The topological polar surface area (TPSA) is 78.8 Å². The van der Waals surface area contributed by atoms with Gasteiger partial charge in [0.2, 0.25) is 0 Å². The van der Waals surface area contributed by atoms with Crippen LogP contribution in [0.4, 0.5) is 0 Å². The highest BCUT2D eigenvalue weighted by molar-refractivity contribution is 5.94. The average molecular weight is 253 g/mol. The van der Waals surface area contributed by atoms with Gasteiger partial charge in [0.05, 0.1) is 13.2 Å². The van der Waals surface area contributed by atoms with Crippen LogP contribution in [0.2, 0.25) is 0 Å². The molecule has 5 nitrogen and oxygen atoms in total. The van der Waals surface area contributed by atoms with E-state index in [1.165, 1.54) is 6.92 Å². The molecule has 0 saturated carbocycles. The highest BCUT2D eigenvalue weighted by Gasteiger charge is 2.20. The number of nitrogens with one attached hydrogen (secondary N) is 1. The number of methoxy groups -OCH3 is 1. The van der Waals surface area contributed by atoms with Gasteiger partial charge in [-0.05, 0) is 24.6 Å². The Hall–Kier alpha value is -1.43. The van der Waals surface area contributed by atoms with Crippen molar-refractivity contribution in [1.82, 2.24) is 5.32 Å². The third-order valence-electron chi connectivity index (χ3n) is 2.47. The molecule has 0 aliphatic carbocycles. The Kier molecular flexibility index (Phi) is 5.27. The van der Waals surface area contributed by atoms with Gasteiger partial charge in [0, 0.05) is 19.2 Å². The predicted octanol–water partition coefficient (Wildman–Crippen LogP) is 0.306. The van der Waals surface area contributed by atoms with Crippen molar-refractivity contribution in [3.05, 3.63) is 35.4 Å². The van der Waals surface area contributed by atoms with Crippen LogP contribution in [0.25, 0.3) is 0 Å². The molecule has 18 heavy (non-hydrogen) atoms. The minimum Gasteiger partial charge on any atom is -0.393 e. The van der Waals surface area contributed by atoms with E-state index >= 15 is 0 Å². The normalized spacial score (nSPS) is 14.0. The molecule has 0 aromatic heterocycles. The second-order valence-corrected chi connectivity index (χ2v) is 4.47. The van der Waals surface area contributed by atoms with Crippen LogP contribution in [0.3, 0.4) is 0 Å². The Labute approximate surface area is 106 Å². The molecule has 0 aliphatic heterocycles. The van der Waals surface area contributed by atoms with E-state index in [-0.39, 0.29) is 12.5 Å². The number of carbonyl (C=O) groups excluding carboxylic acids is 1. The number of hydrogen-bond donors (Lipinski definition) is 3. The number of aliphatic hydroxyl groups is 2. The minimum absolute atomic E-state index is 0.00314. The molecule has 1 amide bonds. The summed E-state index contributed by atoms with van der Waals surface area (Å²) in [6.45, 7) is 1.48. The van der Waals surface area contributed by atoms with Gasteiger partial charge in [-0.2, -0.15) is 0 Å². The van der Waals surface area contributed by atoms with Crippen LogP contribution < -0.4 is 5.32 Å². The minimum atomic E-state index is -1.31. The first kappa shape index (κ1) is 14.6. The van der Waals surface area contributed by atoms with Crippen molar-refractivity contribution in [2.75, 3.05) is 20.3 Å². The van der Waals surface area contributed by atoms with Gasteiger partial charge in [0.25, 0.3) is 5.91 Å². The molecule has 1 unspecified atom stereocenters. The third kappa shape index (κ3) is 4.44. The Morgan fingerprint density at radius 2 is 2.22 bits per heavy atom. The fraction of sp³-hybridized carbons (Fsp3) is 0.462. The number of carbonyl (C=O) groups is 1. The lowest BCUT2D eigenvalue weighted by molar-refractivity contribution is 0.00320. The summed E-state index contributed by atoms with van der Waals surface area (Å²) in [5.41, 5.74) is 0.0946. The molecular formula is C13H19NO4. The molecule has 100 valence electrons. The lowest BCUT2D eigenvalue weighted by Crippen LogP contribution is -2.43. The van der Waals surface area contributed by atoms with Gasteiger partial charge >= 0.3 is 0 Å². The van der Waals surface area contributed by atoms with Gasteiger partial charge in [0.15, 0.2) is 0 Å². The Bertz CT molecular complexity index is 404. The summed E-state index contributed by atoms with van der Waals surface area (Å²) in [7, 11) is 1.59. The number of ether oxygens (including phenoxy) is 1. The summed E-state index contributed by atoms with van der Waals surface area (Å²) < 4.78 is 4.99. The second-order valence-electron chi connectivity index (χ2n) is 4.47. The molecule has 3 N–H and O–H groups in total. The predicted molar refractivity (Wildman–Crippen MR) is 67.2 cm³/mol. The third-order valence-corrected chi connectivity index (χ3v) is 2.47. The maximum atomic E-state index is 11.8. The monoisotopic (exact) mass is 253 g/mol. The summed E-state index contributed by atoms with van der Waals surface area (Å²) in [4.78, 5) is 11.8. The van der Waals surface area contributed by atoms with Gasteiger partial charge in [-0.1, -0.05) is 12.1 Å². The maximum absolute atomic E-state index is 11.8. The van der Waals surface area contributed by atoms with E-state index in [2.05, 4.69) is 5.32 Å². The SMILES string of the molecule is COCc1cccc(C(=O)NCC(C)(O)CO)c1. The molecule has 0 radical (unpaired) electrons. The molecule has 0 bridgehead atoms. The van der Waals surface area contributed by atoms with Crippen LogP contribution in [0.15, 0.2) is 24.3 Å². The summed E-state index contributed by atoms with van der Waals surface area (Å²) in [5.74, 6) is -0.290. The zero-order valence-electron chi connectivity index (χ0n) is 10.6. The first-order valence-corrected chi connectivity index (χ1v) is 5.68. The van der Waals surface area contributed by atoms with Crippen LogP contribution in [0.5, 0.6) is 0 Å². The number of aliphatic hydroxyl groups excluding tert-OH is 1. The second kappa shape index (κ2) is 6.49. The Balaban J connectivity index is 2.64. The van der Waals surface area contributed by atoms with Crippen molar-refractivity contribution in [1.29, 1.82) is 0 Å². The first-order valence-electron chi connectivity index (χ1n) is 5.68. The number of rotatable bonds is 6. The lowest BCUT2D eigenvalue weighted by atomic mass is 10.1. The van der Waals surface area contributed by atoms with Crippen molar-refractivity contribution < 1.29 is 19.7 Å². The van der Waals surface area contributed by atoms with Gasteiger partial charge in [0.1, 0.15) is 5.60 Å². The van der Waals surface area contributed by atoms with Gasteiger partial charge in [-0.3, -0.25) is 4.79 Å². The highest BCUT2D eigenvalue weighted by Crippen LogP contribution is 2.07. The summed E-state index contributed by atoms with van der Waals surface area (Å²) in [6, 6.07) is 7.05. The summed E-state index contributed by atoms with van der Waals surface area (Å²) in [5, 5.41) is 21.0. The van der Waals surface area contributed by atoms with Gasteiger partial charge < -0.3 is 20.3 Å². The van der Waals surface area contributed by atoms with E-state index < -0.39 is 12.2 Å². The zero-order valence-corrected chi connectivity index (χ0v) is 10.6. The number of hydrogen-bond acceptors (Lipinski definition) is 4. The summed E-state index contributed by atoms with van der Waals surface area (Å²) >= 11 is 0. The molecule has 1 aromatic carbocycles. The Morgan fingerprint density at radius 3 is 2.83 bits per heavy atom. The van der Waals surface area contributed by atoms with Crippen molar-refractivity contribution >= 4 is 5.91 Å². The number of benzene rings is 1. The molecule has 1 atom stereocenters. The van der Waals surface area contributed by atoms with Crippen LogP contribution >= 0.6 is 0 Å². The van der Waals surface area contributed by atoms with Crippen molar-refractivity contribution in [3.63, 3.8) is 0 Å². The quantitative estimate of drug-likeness (QED) is 0.681. The van der Waals surface area contributed by atoms with E-state index in [0.29, 0.717) is 12.2 Å². The Morgan fingerprint density at radius 1 is 1.50 bits per heavy atom. The molecule has 0 saturated heterocycles. The molecule has 0 heterocycles. The van der Waals surface area contributed by atoms with Crippen molar-refractivity contribution in [2.45, 2.75) is 19.1 Å². The standard InChI is InChI=1S/C13H19NO4/c1-13(17,9-15)8-14-12(16)11-5-3-4-10(6-11)7-18-2/h3-6,15,17H,7-9H2,1-2H3,(H,14,16). The van der Waals surface area contributed by atoms with Gasteiger partial charge in [-0.15, -0.1) is 0 Å². The van der Waals surface area contributed by atoms with Crippen LogP contribution in [-0.2, 0) is 11.3 Å². The van der Waals surface area contributed by atoms with E-state index in [0.717, 1.165) is 5.56 Å². The molecule has 1 aromatic rings. The maximum Gasteiger partial charge on any atom is 0.251 e. The molecule has 0 spiro atoms. The molecule has 1 rings (SSSR count). The van der Waals surface area contributed by atoms with E-state index in [4.69, 9.17) is 9.84 Å². The fourth-order valence-corrected chi connectivity index (χ4v) is 1.40. The lowest BCUT2D eigenvalue weighted by Gasteiger charge is -2.20. The van der Waals surface area contributed by atoms with E-state index in [1.807, 2.05) is 6.07 Å². The van der Waals surface area contributed by atoms with E-state index in [1.54, 1.807) is 25.3 Å². The van der Waals surface area contributed by atoms with Crippen LogP contribution in [-0.4, -0.2) is 42.0 Å². The van der Waals surface area contributed by atoms with E-state index in [9.17, 15) is 9.90 Å². The van der Waals surface area contributed by atoms with Gasteiger partial charge in [-0.25, -0.2) is 0 Å². The average Bonchev–Trinajstić information content (AvgIpc) is 2.37. The summed E-state index contributed by atoms with van der Waals surface area (Å²) in [6.07, 6.45) is 0. The van der Waals surface area contributed by atoms with Crippen molar-refractivity contribution in [3.8, 4) is 0 Å². The molecule has 0 fully saturated rings. The first-order chi connectivity index (χ1) is 8.48. The zero-order chi connectivity index (χ0) is 13.6. The molecule has 5 heteroatoms. The molecular weight excluding hydrogens is 234 g/mol. The smallest absolute Gasteiger partial charge is 0.251 e. The van der Waals surface area contributed by atoms with Crippen LogP contribution in [0.1, 0.15) is 22.8 Å². The highest BCUT2D eigenvalue weighted by atomic mass is 16.5.